The molecule has 1 aromatic rings. The van der Waals surface area contributed by atoms with Gasteiger partial charge in [0.05, 0.1) is 6.20 Å². The molecule has 8 heteroatoms. The van der Waals surface area contributed by atoms with Crippen LogP contribution in [0, 0.1) is 11.8 Å². The van der Waals surface area contributed by atoms with Gasteiger partial charge in [-0.25, -0.2) is 13.2 Å². The summed E-state index contributed by atoms with van der Waals surface area (Å²) < 4.78 is 26.7. The summed E-state index contributed by atoms with van der Waals surface area (Å²) in [6.45, 7) is 0.951. The van der Waals surface area contributed by atoms with Crippen molar-refractivity contribution in [1.82, 2.24) is 14.5 Å². The molecule has 2 aliphatic rings. The second-order valence-corrected chi connectivity index (χ2v) is 7.75. The SMILES string of the molecule is O=C(O)c1cn[nH]c1S(=O)(=O)N1CCC2CCCCC2C1. The predicted molar refractivity (Wildman–Crippen MR) is 74.4 cm³/mol. The van der Waals surface area contributed by atoms with Crippen molar-refractivity contribution >= 4 is 16.0 Å². The van der Waals surface area contributed by atoms with Gasteiger partial charge in [0.1, 0.15) is 5.56 Å². The van der Waals surface area contributed by atoms with Gasteiger partial charge < -0.3 is 5.11 Å². The third-order valence-electron chi connectivity index (χ3n) is 4.69. The summed E-state index contributed by atoms with van der Waals surface area (Å²) in [5.41, 5.74) is -0.291. The van der Waals surface area contributed by atoms with Gasteiger partial charge in [0.2, 0.25) is 0 Å². The fourth-order valence-electron chi connectivity index (χ4n) is 3.54. The molecule has 0 amide bonds. The second-order valence-electron chi connectivity index (χ2n) is 5.87. The number of piperidine rings is 1. The first kappa shape index (κ1) is 14.5. The largest absolute Gasteiger partial charge is 0.478 e. The van der Waals surface area contributed by atoms with E-state index in [4.69, 9.17) is 5.11 Å². The molecule has 1 aromatic heterocycles. The van der Waals surface area contributed by atoms with Crippen LogP contribution in [-0.2, 0) is 10.0 Å². The molecule has 3 rings (SSSR count). The average molecular weight is 313 g/mol. The van der Waals surface area contributed by atoms with Gasteiger partial charge in [-0.3, -0.25) is 5.10 Å². The van der Waals surface area contributed by atoms with E-state index < -0.39 is 16.0 Å². The molecule has 116 valence electrons. The molecule has 1 aliphatic carbocycles. The zero-order valence-electron chi connectivity index (χ0n) is 11.7. The highest BCUT2D eigenvalue weighted by molar-refractivity contribution is 7.89. The Labute approximate surface area is 123 Å². The Morgan fingerprint density at radius 1 is 1.29 bits per heavy atom. The lowest BCUT2D eigenvalue weighted by atomic mass is 9.76. The predicted octanol–water partition coefficient (Wildman–Crippen LogP) is 1.31. The number of nitrogens with zero attached hydrogens (tertiary/aromatic N) is 2. The number of rotatable bonds is 3. The highest BCUT2D eigenvalue weighted by Gasteiger charge is 2.38. The van der Waals surface area contributed by atoms with E-state index in [1.54, 1.807) is 0 Å². The summed E-state index contributed by atoms with van der Waals surface area (Å²) in [6, 6.07) is 0. The molecular weight excluding hydrogens is 294 g/mol. The minimum Gasteiger partial charge on any atom is -0.478 e. The van der Waals surface area contributed by atoms with E-state index in [0.717, 1.165) is 25.5 Å². The summed E-state index contributed by atoms with van der Waals surface area (Å²) in [6.07, 6.45) is 6.54. The molecule has 7 nitrogen and oxygen atoms in total. The van der Waals surface area contributed by atoms with Gasteiger partial charge in [-0.1, -0.05) is 19.3 Å². The number of H-pyrrole nitrogens is 1. The topological polar surface area (TPSA) is 103 Å². The fourth-order valence-corrected chi connectivity index (χ4v) is 5.12. The van der Waals surface area contributed by atoms with Crippen LogP contribution in [0.2, 0.25) is 0 Å². The zero-order chi connectivity index (χ0) is 15.0. The molecule has 2 atom stereocenters. The van der Waals surface area contributed by atoms with E-state index >= 15 is 0 Å². The third-order valence-corrected chi connectivity index (χ3v) is 6.53. The van der Waals surface area contributed by atoms with Gasteiger partial charge in [0.15, 0.2) is 5.03 Å². The number of hydrogen-bond donors (Lipinski definition) is 2. The monoisotopic (exact) mass is 313 g/mol. The number of aromatic carboxylic acids is 1. The molecule has 0 aromatic carbocycles. The van der Waals surface area contributed by atoms with Crippen LogP contribution >= 0.6 is 0 Å². The molecule has 2 unspecified atom stereocenters. The molecule has 1 saturated carbocycles. The summed E-state index contributed by atoms with van der Waals surface area (Å²) in [4.78, 5) is 11.1. The standard InChI is InChI=1S/C13H19N3O4S/c17-13(18)11-7-14-15-12(11)21(19,20)16-6-5-9-3-1-2-4-10(9)8-16/h7,9-10H,1-6,8H2,(H,14,15)(H,17,18). The first-order valence-electron chi connectivity index (χ1n) is 7.27. The smallest absolute Gasteiger partial charge is 0.340 e. The molecule has 0 spiro atoms. The number of aromatic amines is 1. The molecule has 2 N–H and O–H groups in total. The van der Waals surface area contributed by atoms with E-state index in [-0.39, 0.29) is 10.6 Å². The Kier molecular flexibility index (Phi) is 3.75. The normalized spacial score (nSPS) is 27.2. The van der Waals surface area contributed by atoms with Gasteiger partial charge in [-0.2, -0.15) is 9.40 Å². The summed E-state index contributed by atoms with van der Waals surface area (Å²) in [7, 11) is -3.81. The molecule has 2 fully saturated rings. The minimum absolute atomic E-state index is 0.291. The molecule has 0 bridgehead atoms. The van der Waals surface area contributed by atoms with Crippen molar-refractivity contribution in [2.24, 2.45) is 11.8 Å². The van der Waals surface area contributed by atoms with Crippen molar-refractivity contribution in [3.8, 4) is 0 Å². The Morgan fingerprint density at radius 2 is 2.00 bits per heavy atom. The van der Waals surface area contributed by atoms with E-state index in [1.807, 2.05) is 0 Å². The molecule has 21 heavy (non-hydrogen) atoms. The van der Waals surface area contributed by atoms with E-state index in [1.165, 1.54) is 17.1 Å². The highest BCUT2D eigenvalue weighted by Crippen LogP contribution is 2.37. The van der Waals surface area contributed by atoms with Crippen molar-refractivity contribution in [3.05, 3.63) is 11.8 Å². The number of aromatic nitrogens is 2. The van der Waals surface area contributed by atoms with E-state index in [2.05, 4.69) is 10.2 Å². The van der Waals surface area contributed by atoms with Crippen molar-refractivity contribution in [3.63, 3.8) is 0 Å². The van der Waals surface area contributed by atoms with Crippen molar-refractivity contribution in [2.45, 2.75) is 37.1 Å². The van der Waals surface area contributed by atoms with Crippen LogP contribution in [0.3, 0.4) is 0 Å². The van der Waals surface area contributed by atoms with Gasteiger partial charge >= 0.3 is 5.97 Å². The maximum Gasteiger partial charge on any atom is 0.340 e. The Morgan fingerprint density at radius 3 is 2.71 bits per heavy atom. The maximum absolute atomic E-state index is 12.6. The lowest BCUT2D eigenvalue weighted by Crippen LogP contribution is -2.45. The highest BCUT2D eigenvalue weighted by atomic mass is 32.2. The first-order chi connectivity index (χ1) is 10.00. The van der Waals surface area contributed by atoms with Crippen LogP contribution in [0.5, 0.6) is 0 Å². The number of carboxylic acids is 1. The van der Waals surface area contributed by atoms with E-state index in [0.29, 0.717) is 24.9 Å². The average Bonchev–Trinajstić information content (AvgIpc) is 2.97. The summed E-state index contributed by atoms with van der Waals surface area (Å²) in [5.74, 6) is -0.265. The zero-order valence-corrected chi connectivity index (χ0v) is 12.5. The summed E-state index contributed by atoms with van der Waals surface area (Å²) >= 11 is 0. The van der Waals surface area contributed by atoms with Crippen molar-refractivity contribution in [2.75, 3.05) is 13.1 Å². The number of carbonyl (C=O) groups is 1. The van der Waals surface area contributed by atoms with Crippen LogP contribution in [-0.4, -0.2) is 47.1 Å². The maximum atomic E-state index is 12.6. The Bertz CT molecular complexity index is 640. The van der Waals surface area contributed by atoms with Crippen LogP contribution < -0.4 is 0 Å². The third kappa shape index (κ3) is 2.57. The Balaban J connectivity index is 1.85. The number of carboxylic acid groups (broad SMARTS) is 1. The lowest BCUT2D eigenvalue weighted by molar-refractivity contribution is 0.0692. The molecular formula is C13H19N3O4S. The minimum atomic E-state index is -3.81. The molecule has 1 aliphatic heterocycles. The van der Waals surface area contributed by atoms with Crippen LogP contribution in [0.4, 0.5) is 0 Å². The first-order valence-corrected chi connectivity index (χ1v) is 8.71. The van der Waals surface area contributed by atoms with E-state index in [9.17, 15) is 13.2 Å². The number of hydrogen-bond acceptors (Lipinski definition) is 4. The van der Waals surface area contributed by atoms with Gasteiger partial charge in [0, 0.05) is 13.1 Å². The van der Waals surface area contributed by atoms with Crippen LogP contribution in [0.25, 0.3) is 0 Å². The number of nitrogens with one attached hydrogen (secondary N) is 1. The van der Waals surface area contributed by atoms with Gasteiger partial charge in [0.25, 0.3) is 10.0 Å². The number of fused-ring (bicyclic) bond motifs is 1. The molecule has 1 saturated heterocycles. The Hall–Kier alpha value is -1.41. The summed E-state index contributed by atoms with van der Waals surface area (Å²) in [5, 5.41) is 14.7. The molecule has 2 heterocycles. The lowest BCUT2D eigenvalue weighted by Gasteiger charge is -2.40. The number of sulfonamides is 1. The van der Waals surface area contributed by atoms with Crippen molar-refractivity contribution < 1.29 is 18.3 Å². The van der Waals surface area contributed by atoms with Gasteiger partial charge in [-0.15, -0.1) is 0 Å². The van der Waals surface area contributed by atoms with Gasteiger partial charge in [-0.05, 0) is 24.7 Å². The quantitative estimate of drug-likeness (QED) is 0.875. The van der Waals surface area contributed by atoms with Crippen molar-refractivity contribution in [1.29, 1.82) is 0 Å². The molecule has 0 radical (unpaired) electrons. The fraction of sp³-hybridized carbons (Fsp3) is 0.692. The van der Waals surface area contributed by atoms with Crippen LogP contribution in [0.1, 0.15) is 42.5 Å². The second kappa shape index (κ2) is 5.42. The van der Waals surface area contributed by atoms with Crippen LogP contribution in [0.15, 0.2) is 11.2 Å².